The molecule has 0 radical (unpaired) electrons. The molecule has 0 bridgehead atoms. The number of nitrogens with one attached hydrogen (secondary N) is 1. The van der Waals surface area contributed by atoms with E-state index in [1.807, 2.05) is 0 Å². The number of para-hydroxylation sites is 1. The highest BCUT2D eigenvalue weighted by Gasteiger charge is 2.16. The van der Waals surface area contributed by atoms with E-state index in [9.17, 15) is 9.59 Å². The molecule has 0 fully saturated rings. The van der Waals surface area contributed by atoms with E-state index in [0.717, 1.165) is 0 Å². The van der Waals surface area contributed by atoms with Crippen molar-refractivity contribution in [3.05, 3.63) is 69.7 Å². The number of carbonyl (C=O) groups is 1. The van der Waals surface area contributed by atoms with Crippen LogP contribution in [0.15, 0.2) is 53.3 Å². The van der Waals surface area contributed by atoms with Crippen LogP contribution in [0.25, 0.3) is 10.9 Å². The number of aromatic amines is 1. The van der Waals surface area contributed by atoms with Crippen LogP contribution in [0.2, 0.25) is 5.02 Å². The summed E-state index contributed by atoms with van der Waals surface area (Å²) in [6, 6.07) is 13.7. The molecule has 6 nitrogen and oxygen atoms in total. The lowest BCUT2D eigenvalue weighted by molar-refractivity contribution is -0.151. The Morgan fingerprint density at radius 2 is 2.04 bits per heavy atom. The molecule has 0 unspecified atom stereocenters. The molecule has 0 saturated carbocycles. The van der Waals surface area contributed by atoms with Gasteiger partial charge < -0.3 is 14.5 Å². The van der Waals surface area contributed by atoms with Gasteiger partial charge in [0, 0.05) is 5.02 Å². The molecule has 25 heavy (non-hydrogen) atoms. The van der Waals surface area contributed by atoms with Crippen LogP contribution in [0.3, 0.4) is 0 Å². The van der Waals surface area contributed by atoms with Gasteiger partial charge in [0.1, 0.15) is 5.75 Å². The van der Waals surface area contributed by atoms with E-state index in [1.165, 1.54) is 0 Å². The molecule has 128 valence electrons. The number of ether oxygens (including phenoxy) is 2. The summed E-state index contributed by atoms with van der Waals surface area (Å²) in [6.45, 7) is 1.35. The summed E-state index contributed by atoms with van der Waals surface area (Å²) in [5.74, 6) is 0.164. The smallest absolute Gasteiger partial charge is 0.344 e. The zero-order chi connectivity index (χ0) is 17.8. The second-order valence-corrected chi connectivity index (χ2v) is 5.78. The Bertz CT molecular complexity index is 970. The van der Waals surface area contributed by atoms with Crippen molar-refractivity contribution >= 4 is 28.5 Å². The largest absolute Gasteiger partial charge is 0.482 e. The number of benzene rings is 2. The predicted octanol–water partition coefficient (Wildman–Crippen LogP) is 3.26. The number of hydrogen-bond donors (Lipinski definition) is 1. The third-order valence-corrected chi connectivity index (χ3v) is 3.71. The topological polar surface area (TPSA) is 81.3 Å². The van der Waals surface area contributed by atoms with Crippen molar-refractivity contribution in [1.29, 1.82) is 0 Å². The zero-order valence-corrected chi connectivity index (χ0v) is 14.1. The van der Waals surface area contributed by atoms with Crippen LogP contribution in [0.1, 0.15) is 18.9 Å². The summed E-state index contributed by atoms with van der Waals surface area (Å²) in [5, 5.41) is 0.992. The maximum Gasteiger partial charge on any atom is 0.344 e. The highest BCUT2D eigenvalue weighted by Crippen LogP contribution is 2.18. The first-order valence-electron chi connectivity index (χ1n) is 7.60. The van der Waals surface area contributed by atoms with Crippen molar-refractivity contribution in [2.75, 3.05) is 6.61 Å². The molecule has 7 heteroatoms. The fraction of sp³-hybridized carbons (Fsp3) is 0.167. The van der Waals surface area contributed by atoms with Gasteiger partial charge in [-0.3, -0.25) is 4.79 Å². The lowest BCUT2D eigenvalue weighted by Crippen LogP contribution is -2.20. The molecule has 0 amide bonds. The van der Waals surface area contributed by atoms with Crippen molar-refractivity contribution in [3.8, 4) is 5.75 Å². The Morgan fingerprint density at radius 1 is 1.24 bits per heavy atom. The number of halogens is 1. The van der Waals surface area contributed by atoms with Crippen molar-refractivity contribution in [3.63, 3.8) is 0 Å². The number of hydrogen-bond acceptors (Lipinski definition) is 5. The molecular weight excluding hydrogens is 344 g/mol. The number of nitrogens with zero attached hydrogens (tertiary/aromatic N) is 1. The van der Waals surface area contributed by atoms with Gasteiger partial charge in [-0.25, -0.2) is 9.78 Å². The number of aromatic nitrogens is 2. The summed E-state index contributed by atoms with van der Waals surface area (Å²) in [4.78, 5) is 31.0. The molecule has 3 aromatic rings. The lowest BCUT2D eigenvalue weighted by Gasteiger charge is -2.13. The molecular formula is C18H15ClN2O4. The van der Waals surface area contributed by atoms with E-state index in [4.69, 9.17) is 21.1 Å². The molecule has 2 aromatic carbocycles. The highest BCUT2D eigenvalue weighted by atomic mass is 35.5. The maximum atomic E-state index is 12.1. The van der Waals surface area contributed by atoms with Crippen LogP contribution in [-0.2, 0) is 9.53 Å². The SMILES string of the molecule is C[C@@H](OC(=O)COc1cccc(Cl)c1)c1nc2ccccc2c(=O)[nH]1. The van der Waals surface area contributed by atoms with Crippen molar-refractivity contribution < 1.29 is 14.3 Å². The van der Waals surface area contributed by atoms with Gasteiger partial charge in [-0.15, -0.1) is 0 Å². The zero-order valence-electron chi connectivity index (χ0n) is 13.4. The van der Waals surface area contributed by atoms with Gasteiger partial charge in [0.2, 0.25) is 0 Å². The summed E-state index contributed by atoms with van der Waals surface area (Å²) < 4.78 is 10.6. The van der Waals surface area contributed by atoms with E-state index in [1.54, 1.807) is 55.5 Å². The van der Waals surface area contributed by atoms with Crippen LogP contribution in [0.4, 0.5) is 0 Å². The molecule has 0 aliphatic rings. The molecule has 0 saturated heterocycles. The minimum absolute atomic E-state index is 0.275. The molecule has 1 heterocycles. The summed E-state index contributed by atoms with van der Waals surface area (Å²) in [5.41, 5.74) is 0.262. The van der Waals surface area contributed by atoms with E-state index in [2.05, 4.69) is 9.97 Å². The molecule has 0 aliphatic heterocycles. The molecule has 0 aliphatic carbocycles. The summed E-state index contributed by atoms with van der Waals surface area (Å²) in [7, 11) is 0. The van der Waals surface area contributed by atoms with Gasteiger partial charge in [0.25, 0.3) is 5.56 Å². The van der Waals surface area contributed by atoms with Crippen LogP contribution in [0, 0.1) is 0 Å². The standard InChI is InChI=1S/C18H15ClN2O4/c1-11(17-20-15-8-3-2-7-14(15)18(23)21-17)25-16(22)10-24-13-6-4-5-12(19)9-13/h2-9,11H,10H2,1H3,(H,20,21,23)/t11-/m1/s1. The first kappa shape index (κ1) is 17.0. The van der Waals surface area contributed by atoms with Gasteiger partial charge in [-0.05, 0) is 37.3 Å². The van der Waals surface area contributed by atoms with Gasteiger partial charge in [0.15, 0.2) is 18.5 Å². The summed E-state index contributed by atoms with van der Waals surface area (Å²) >= 11 is 5.85. The Kier molecular flexibility index (Phi) is 5.00. The first-order chi connectivity index (χ1) is 12.0. The quantitative estimate of drug-likeness (QED) is 0.708. The number of H-pyrrole nitrogens is 1. The van der Waals surface area contributed by atoms with E-state index >= 15 is 0 Å². The first-order valence-corrected chi connectivity index (χ1v) is 7.97. The Balaban J connectivity index is 1.66. The molecule has 1 N–H and O–H groups in total. The van der Waals surface area contributed by atoms with Crippen LogP contribution in [-0.4, -0.2) is 22.5 Å². The fourth-order valence-electron chi connectivity index (χ4n) is 2.28. The van der Waals surface area contributed by atoms with Crippen LogP contribution < -0.4 is 10.3 Å². The van der Waals surface area contributed by atoms with Crippen molar-refractivity contribution in [2.24, 2.45) is 0 Å². The Hall–Kier alpha value is -2.86. The minimum Gasteiger partial charge on any atom is -0.482 e. The van der Waals surface area contributed by atoms with Gasteiger partial charge in [-0.2, -0.15) is 0 Å². The average molecular weight is 359 g/mol. The third-order valence-electron chi connectivity index (χ3n) is 3.48. The average Bonchev–Trinajstić information content (AvgIpc) is 2.60. The minimum atomic E-state index is -0.715. The van der Waals surface area contributed by atoms with E-state index in [-0.39, 0.29) is 18.0 Å². The van der Waals surface area contributed by atoms with E-state index in [0.29, 0.717) is 21.7 Å². The molecule has 0 spiro atoms. The van der Waals surface area contributed by atoms with Gasteiger partial charge in [-0.1, -0.05) is 29.8 Å². The number of rotatable bonds is 5. The maximum absolute atomic E-state index is 12.1. The second kappa shape index (κ2) is 7.36. The normalized spacial score (nSPS) is 11.9. The summed E-state index contributed by atoms with van der Waals surface area (Å²) in [6.07, 6.45) is -0.715. The fourth-order valence-corrected chi connectivity index (χ4v) is 2.46. The van der Waals surface area contributed by atoms with E-state index < -0.39 is 12.1 Å². The van der Waals surface area contributed by atoms with Gasteiger partial charge >= 0.3 is 5.97 Å². The number of esters is 1. The molecule has 1 aromatic heterocycles. The Labute approximate surface area is 148 Å². The van der Waals surface area contributed by atoms with Crippen molar-refractivity contribution in [2.45, 2.75) is 13.0 Å². The van der Waals surface area contributed by atoms with Crippen LogP contribution in [0.5, 0.6) is 5.75 Å². The monoisotopic (exact) mass is 358 g/mol. The van der Waals surface area contributed by atoms with Crippen LogP contribution >= 0.6 is 11.6 Å². The van der Waals surface area contributed by atoms with Gasteiger partial charge in [0.05, 0.1) is 10.9 Å². The predicted molar refractivity (Wildman–Crippen MR) is 93.8 cm³/mol. The van der Waals surface area contributed by atoms with Crippen molar-refractivity contribution in [1.82, 2.24) is 9.97 Å². The number of carbonyl (C=O) groups excluding carboxylic acids is 1. The number of fused-ring (bicyclic) bond motifs is 1. The molecule has 1 atom stereocenters. The molecule has 3 rings (SSSR count). The highest BCUT2D eigenvalue weighted by molar-refractivity contribution is 6.30. The second-order valence-electron chi connectivity index (χ2n) is 5.35. The Morgan fingerprint density at radius 3 is 2.84 bits per heavy atom. The third kappa shape index (κ3) is 4.16. The lowest BCUT2D eigenvalue weighted by atomic mass is 10.2.